The SMILES string of the molecule is NC(=O)NCCC[C@H](NC(=O)C1(C(=O)O)CCC1)C(=O)Cc1ccc(CO)cc1. The first-order chi connectivity index (χ1) is 13.8. The van der Waals surface area contributed by atoms with Gasteiger partial charge in [0, 0.05) is 13.0 Å². The summed E-state index contributed by atoms with van der Waals surface area (Å²) in [5.74, 6) is -2.08. The number of primary amides is 1. The van der Waals surface area contributed by atoms with Gasteiger partial charge in [0.15, 0.2) is 5.78 Å². The fourth-order valence-electron chi connectivity index (χ4n) is 3.28. The summed E-state index contributed by atoms with van der Waals surface area (Å²) in [6.45, 7) is 0.140. The second-order valence-corrected chi connectivity index (χ2v) is 7.32. The predicted molar refractivity (Wildman–Crippen MR) is 104 cm³/mol. The Hall–Kier alpha value is -2.94. The molecule has 9 nitrogen and oxygen atoms in total. The molecule has 1 atom stereocenters. The van der Waals surface area contributed by atoms with E-state index in [1.54, 1.807) is 24.3 Å². The van der Waals surface area contributed by atoms with Gasteiger partial charge in [-0.15, -0.1) is 0 Å². The Morgan fingerprint density at radius 2 is 1.72 bits per heavy atom. The summed E-state index contributed by atoms with van der Waals surface area (Å²) in [5, 5.41) is 23.6. The first-order valence-corrected chi connectivity index (χ1v) is 9.57. The van der Waals surface area contributed by atoms with E-state index in [9.17, 15) is 24.3 Å². The average molecular weight is 405 g/mol. The van der Waals surface area contributed by atoms with E-state index in [4.69, 9.17) is 10.8 Å². The quantitative estimate of drug-likeness (QED) is 0.266. The van der Waals surface area contributed by atoms with E-state index in [0.29, 0.717) is 12.8 Å². The molecule has 3 amide bonds. The average Bonchev–Trinajstić information content (AvgIpc) is 2.63. The summed E-state index contributed by atoms with van der Waals surface area (Å²) in [6.07, 6.45) is 1.85. The topological polar surface area (TPSA) is 159 Å². The highest BCUT2D eigenvalue weighted by atomic mass is 16.4. The number of carboxylic acid groups (broad SMARTS) is 1. The number of aliphatic hydroxyl groups is 1. The van der Waals surface area contributed by atoms with Crippen LogP contribution in [0.1, 0.15) is 43.2 Å². The van der Waals surface area contributed by atoms with Crippen molar-refractivity contribution in [1.29, 1.82) is 0 Å². The Labute approximate surface area is 168 Å². The molecule has 158 valence electrons. The van der Waals surface area contributed by atoms with Crippen molar-refractivity contribution in [1.82, 2.24) is 10.6 Å². The number of Topliss-reactive ketones (excluding diaryl/α,β-unsaturated/α-hetero) is 1. The van der Waals surface area contributed by atoms with Gasteiger partial charge in [-0.2, -0.15) is 0 Å². The van der Waals surface area contributed by atoms with Crippen LogP contribution >= 0.6 is 0 Å². The van der Waals surface area contributed by atoms with Gasteiger partial charge in [-0.3, -0.25) is 14.4 Å². The smallest absolute Gasteiger partial charge is 0.319 e. The van der Waals surface area contributed by atoms with E-state index < -0.39 is 29.4 Å². The molecule has 0 aliphatic heterocycles. The number of nitrogens with two attached hydrogens (primary N) is 1. The van der Waals surface area contributed by atoms with Crippen LogP contribution in [0.15, 0.2) is 24.3 Å². The third kappa shape index (κ3) is 5.77. The standard InChI is InChI=1S/C20H27N3O6/c21-19(29)22-10-1-3-15(23-17(26)20(18(27)28)8-2-9-20)16(25)11-13-4-6-14(12-24)7-5-13/h4-7,15,24H,1-3,8-12H2,(H,23,26)(H,27,28)(H3,21,22,29)/t15-/m0/s1. The van der Waals surface area contributed by atoms with Crippen LogP contribution in [-0.2, 0) is 27.4 Å². The first-order valence-electron chi connectivity index (χ1n) is 9.57. The third-order valence-electron chi connectivity index (χ3n) is 5.30. The Morgan fingerprint density at radius 1 is 1.10 bits per heavy atom. The van der Waals surface area contributed by atoms with Crippen LogP contribution in [-0.4, -0.2) is 46.5 Å². The van der Waals surface area contributed by atoms with E-state index in [1.165, 1.54) is 0 Å². The van der Waals surface area contributed by atoms with Gasteiger partial charge in [0.25, 0.3) is 0 Å². The molecule has 0 spiro atoms. The van der Waals surface area contributed by atoms with Crippen LogP contribution in [0.5, 0.6) is 0 Å². The van der Waals surface area contributed by atoms with Gasteiger partial charge in [-0.25, -0.2) is 4.79 Å². The first kappa shape index (κ1) is 22.4. The van der Waals surface area contributed by atoms with Gasteiger partial charge in [0.1, 0.15) is 5.41 Å². The molecule has 0 unspecified atom stereocenters. The number of ketones is 1. The summed E-state index contributed by atoms with van der Waals surface area (Å²) in [7, 11) is 0. The second-order valence-electron chi connectivity index (χ2n) is 7.32. The third-order valence-corrected chi connectivity index (χ3v) is 5.30. The van der Waals surface area contributed by atoms with Crippen molar-refractivity contribution in [3.63, 3.8) is 0 Å². The number of aliphatic carboxylic acids is 1. The number of urea groups is 1. The summed E-state index contributed by atoms with van der Waals surface area (Å²) in [4.78, 5) is 47.8. The normalized spacial score (nSPS) is 15.6. The zero-order chi connectivity index (χ0) is 21.4. The molecular weight excluding hydrogens is 378 g/mol. The predicted octanol–water partition coefficient (Wildman–Crippen LogP) is 0.479. The number of carbonyl (C=O) groups excluding carboxylic acids is 3. The molecule has 0 radical (unpaired) electrons. The van der Waals surface area contributed by atoms with Crippen molar-refractivity contribution in [3.05, 3.63) is 35.4 Å². The number of rotatable bonds is 11. The molecule has 1 aromatic rings. The van der Waals surface area contributed by atoms with Crippen LogP contribution < -0.4 is 16.4 Å². The number of aliphatic hydroxyl groups excluding tert-OH is 1. The Bertz CT molecular complexity index is 758. The van der Waals surface area contributed by atoms with Gasteiger partial charge in [0.05, 0.1) is 12.6 Å². The molecule has 9 heteroatoms. The molecule has 29 heavy (non-hydrogen) atoms. The van der Waals surface area contributed by atoms with Crippen LogP contribution in [0.2, 0.25) is 0 Å². The largest absolute Gasteiger partial charge is 0.480 e. The van der Waals surface area contributed by atoms with Crippen molar-refractivity contribution in [2.45, 2.75) is 51.2 Å². The van der Waals surface area contributed by atoms with Crippen LogP contribution in [0.3, 0.4) is 0 Å². The number of benzene rings is 1. The van der Waals surface area contributed by atoms with Crippen molar-refractivity contribution in [2.24, 2.45) is 11.1 Å². The Morgan fingerprint density at radius 3 is 2.21 bits per heavy atom. The molecule has 0 heterocycles. The summed E-state index contributed by atoms with van der Waals surface area (Å²) >= 11 is 0. The molecule has 0 bridgehead atoms. The van der Waals surface area contributed by atoms with E-state index in [1.807, 2.05) is 0 Å². The van der Waals surface area contributed by atoms with Gasteiger partial charge < -0.3 is 26.6 Å². The maximum absolute atomic E-state index is 12.8. The number of amides is 3. The monoisotopic (exact) mass is 405 g/mol. The van der Waals surface area contributed by atoms with Gasteiger partial charge >= 0.3 is 12.0 Å². The van der Waals surface area contributed by atoms with Crippen molar-refractivity contribution in [3.8, 4) is 0 Å². The molecule has 1 aromatic carbocycles. The van der Waals surface area contributed by atoms with Crippen molar-refractivity contribution >= 4 is 23.7 Å². The van der Waals surface area contributed by atoms with Crippen molar-refractivity contribution in [2.75, 3.05) is 6.54 Å². The molecule has 1 aliphatic rings. The minimum Gasteiger partial charge on any atom is -0.480 e. The lowest BCUT2D eigenvalue weighted by Gasteiger charge is -2.37. The number of hydrogen-bond donors (Lipinski definition) is 5. The fraction of sp³-hybridized carbons (Fsp3) is 0.500. The second kappa shape index (κ2) is 10.0. The lowest BCUT2D eigenvalue weighted by atomic mass is 9.68. The lowest BCUT2D eigenvalue weighted by Crippen LogP contribution is -2.55. The van der Waals surface area contributed by atoms with Crippen molar-refractivity contribution < 1.29 is 29.4 Å². The van der Waals surface area contributed by atoms with E-state index in [2.05, 4.69) is 10.6 Å². The highest BCUT2D eigenvalue weighted by Gasteiger charge is 2.51. The minimum absolute atomic E-state index is 0.0555. The lowest BCUT2D eigenvalue weighted by molar-refractivity contribution is -0.162. The summed E-state index contributed by atoms with van der Waals surface area (Å²) < 4.78 is 0. The minimum atomic E-state index is -1.47. The highest BCUT2D eigenvalue weighted by Crippen LogP contribution is 2.41. The molecule has 0 saturated heterocycles. The molecule has 0 aromatic heterocycles. The molecule has 2 rings (SSSR count). The maximum atomic E-state index is 12.8. The zero-order valence-electron chi connectivity index (χ0n) is 16.1. The molecule has 1 saturated carbocycles. The number of nitrogens with one attached hydrogen (secondary N) is 2. The van der Waals surface area contributed by atoms with Gasteiger partial charge in [-0.1, -0.05) is 30.7 Å². The Balaban J connectivity index is 2.06. The zero-order valence-corrected chi connectivity index (χ0v) is 16.1. The van der Waals surface area contributed by atoms with Crippen LogP contribution in [0, 0.1) is 5.41 Å². The highest BCUT2D eigenvalue weighted by molar-refractivity contribution is 6.04. The fourth-order valence-corrected chi connectivity index (χ4v) is 3.28. The van der Waals surface area contributed by atoms with Gasteiger partial charge in [0.2, 0.25) is 5.91 Å². The molecular formula is C20H27N3O6. The maximum Gasteiger partial charge on any atom is 0.319 e. The van der Waals surface area contributed by atoms with E-state index in [0.717, 1.165) is 11.1 Å². The molecule has 1 fully saturated rings. The van der Waals surface area contributed by atoms with Crippen LogP contribution in [0.4, 0.5) is 4.79 Å². The molecule has 6 N–H and O–H groups in total. The molecule has 1 aliphatic carbocycles. The summed E-state index contributed by atoms with van der Waals surface area (Å²) in [6, 6.07) is 5.32. The number of carboxylic acids is 1. The summed E-state index contributed by atoms with van der Waals surface area (Å²) in [5.41, 5.74) is 5.00. The van der Waals surface area contributed by atoms with E-state index >= 15 is 0 Å². The number of carbonyl (C=O) groups is 4. The van der Waals surface area contributed by atoms with Crippen LogP contribution in [0.25, 0.3) is 0 Å². The Kier molecular flexibility index (Phi) is 7.72. The van der Waals surface area contributed by atoms with Gasteiger partial charge in [-0.05, 0) is 36.8 Å². The number of hydrogen-bond acceptors (Lipinski definition) is 5. The van der Waals surface area contributed by atoms with E-state index in [-0.39, 0.29) is 44.6 Å².